The normalized spacial score (nSPS) is 13.5. The second-order valence-electron chi connectivity index (χ2n) is 4.18. The summed E-state index contributed by atoms with van der Waals surface area (Å²) in [6.45, 7) is 0. The Bertz CT molecular complexity index is 514. The Morgan fingerprint density at radius 2 is 1.79 bits per heavy atom. The van der Waals surface area contributed by atoms with E-state index in [1.165, 1.54) is 0 Å². The van der Waals surface area contributed by atoms with Gasteiger partial charge >= 0.3 is 0 Å². The zero-order valence-electron chi connectivity index (χ0n) is 9.90. The molecule has 2 amide bonds. The number of halogens is 1. The van der Waals surface area contributed by atoms with Gasteiger partial charge in [-0.05, 0) is 49.3 Å². The van der Waals surface area contributed by atoms with Crippen molar-refractivity contribution in [1.29, 1.82) is 0 Å². The van der Waals surface area contributed by atoms with Crippen LogP contribution in [0.4, 0.5) is 0 Å². The number of hydrazine groups is 1. The zero-order chi connectivity index (χ0) is 13.8. The van der Waals surface area contributed by atoms with Crippen LogP contribution >= 0.6 is 23.8 Å². The summed E-state index contributed by atoms with van der Waals surface area (Å²) in [4.78, 5) is 23.1. The van der Waals surface area contributed by atoms with Crippen LogP contribution in [0.1, 0.15) is 23.2 Å². The maximum absolute atomic E-state index is 11.7. The first kappa shape index (κ1) is 13.8. The van der Waals surface area contributed by atoms with Crippen LogP contribution in [0, 0.1) is 5.92 Å². The molecule has 0 bridgehead atoms. The van der Waals surface area contributed by atoms with Gasteiger partial charge in [-0.15, -0.1) is 0 Å². The van der Waals surface area contributed by atoms with Gasteiger partial charge in [0, 0.05) is 16.5 Å². The van der Waals surface area contributed by atoms with E-state index in [1.807, 2.05) is 0 Å². The molecule has 1 aromatic rings. The van der Waals surface area contributed by atoms with E-state index in [0.29, 0.717) is 10.6 Å². The maximum Gasteiger partial charge on any atom is 0.269 e. The highest BCUT2D eigenvalue weighted by Crippen LogP contribution is 2.28. The number of thiocarbonyl (C=S) groups is 1. The standard InChI is InChI=1S/C12H12ClN3O2S/c13-9-5-3-8(4-6-9)11(18)15-16-12(19)14-10(17)7-1-2-7/h3-7H,1-2H2,(H,15,18)(H2,14,16,17,19). The quantitative estimate of drug-likeness (QED) is 0.570. The van der Waals surface area contributed by atoms with Gasteiger partial charge in [0.2, 0.25) is 5.91 Å². The molecule has 0 unspecified atom stereocenters. The van der Waals surface area contributed by atoms with Gasteiger partial charge in [0.25, 0.3) is 5.91 Å². The Hall–Kier alpha value is -1.66. The third-order valence-electron chi connectivity index (χ3n) is 2.58. The molecule has 0 aliphatic heterocycles. The zero-order valence-corrected chi connectivity index (χ0v) is 11.5. The third kappa shape index (κ3) is 4.18. The van der Waals surface area contributed by atoms with Crippen LogP contribution in [-0.4, -0.2) is 16.9 Å². The van der Waals surface area contributed by atoms with Gasteiger partial charge in [-0.3, -0.25) is 20.4 Å². The van der Waals surface area contributed by atoms with Crippen molar-refractivity contribution in [3.05, 3.63) is 34.9 Å². The van der Waals surface area contributed by atoms with Crippen molar-refractivity contribution in [2.75, 3.05) is 0 Å². The lowest BCUT2D eigenvalue weighted by Crippen LogP contribution is -2.48. The van der Waals surface area contributed by atoms with Crippen molar-refractivity contribution in [3.8, 4) is 0 Å². The fraction of sp³-hybridized carbons (Fsp3) is 0.250. The molecule has 1 aromatic carbocycles. The smallest absolute Gasteiger partial charge is 0.269 e. The average molecular weight is 298 g/mol. The van der Waals surface area contributed by atoms with Crippen LogP contribution in [0.3, 0.4) is 0 Å². The summed E-state index contributed by atoms with van der Waals surface area (Å²) >= 11 is 10.6. The van der Waals surface area contributed by atoms with Gasteiger partial charge in [-0.1, -0.05) is 11.6 Å². The monoisotopic (exact) mass is 297 g/mol. The minimum Gasteiger partial charge on any atom is -0.302 e. The first-order chi connectivity index (χ1) is 9.06. The lowest BCUT2D eigenvalue weighted by atomic mass is 10.2. The Kier molecular flexibility index (Phi) is 4.34. The fourth-order valence-corrected chi connectivity index (χ4v) is 1.66. The van der Waals surface area contributed by atoms with Crippen molar-refractivity contribution in [1.82, 2.24) is 16.2 Å². The molecule has 0 aromatic heterocycles. The molecule has 0 heterocycles. The van der Waals surface area contributed by atoms with Crippen molar-refractivity contribution < 1.29 is 9.59 Å². The Morgan fingerprint density at radius 3 is 2.37 bits per heavy atom. The first-order valence-electron chi connectivity index (χ1n) is 5.73. The van der Waals surface area contributed by atoms with Gasteiger partial charge in [0.05, 0.1) is 0 Å². The number of hydrogen-bond acceptors (Lipinski definition) is 3. The van der Waals surface area contributed by atoms with Crippen LogP contribution in [0.2, 0.25) is 5.02 Å². The van der Waals surface area contributed by atoms with E-state index >= 15 is 0 Å². The van der Waals surface area contributed by atoms with Gasteiger partial charge in [0.1, 0.15) is 0 Å². The van der Waals surface area contributed by atoms with E-state index in [-0.39, 0.29) is 22.8 Å². The number of nitrogens with one attached hydrogen (secondary N) is 3. The molecule has 3 N–H and O–H groups in total. The van der Waals surface area contributed by atoms with E-state index in [9.17, 15) is 9.59 Å². The van der Waals surface area contributed by atoms with E-state index in [0.717, 1.165) is 12.8 Å². The van der Waals surface area contributed by atoms with Gasteiger partial charge in [-0.25, -0.2) is 0 Å². The van der Waals surface area contributed by atoms with Crippen LogP contribution in [0.25, 0.3) is 0 Å². The molecule has 2 rings (SSSR count). The van der Waals surface area contributed by atoms with E-state index in [1.54, 1.807) is 24.3 Å². The molecule has 1 saturated carbocycles. The highest BCUT2D eigenvalue weighted by atomic mass is 35.5. The molecule has 100 valence electrons. The summed E-state index contributed by atoms with van der Waals surface area (Å²) in [6.07, 6.45) is 1.79. The highest BCUT2D eigenvalue weighted by molar-refractivity contribution is 7.80. The summed E-state index contributed by atoms with van der Waals surface area (Å²) in [7, 11) is 0. The fourth-order valence-electron chi connectivity index (χ4n) is 1.38. The van der Waals surface area contributed by atoms with Gasteiger partial charge < -0.3 is 5.32 Å². The highest BCUT2D eigenvalue weighted by Gasteiger charge is 2.30. The molecule has 5 nitrogen and oxygen atoms in total. The number of rotatable bonds is 2. The second kappa shape index (κ2) is 5.99. The largest absolute Gasteiger partial charge is 0.302 e. The summed E-state index contributed by atoms with van der Waals surface area (Å²) in [5.74, 6) is -0.412. The summed E-state index contributed by atoms with van der Waals surface area (Å²) in [6, 6.07) is 6.41. The molecular formula is C12H12ClN3O2S. The minimum atomic E-state index is -0.361. The Labute approximate surface area is 120 Å². The molecular weight excluding hydrogens is 286 g/mol. The molecule has 0 saturated heterocycles. The van der Waals surface area contributed by atoms with Crippen LogP contribution < -0.4 is 16.2 Å². The molecule has 0 spiro atoms. The molecule has 7 heteroatoms. The predicted octanol–water partition coefficient (Wildman–Crippen LogP) is 1.39. The van der Waals surface area contributed by atoms with Crippen molar-refractivity contribution in [2.45, 2.75) is 12.8 Å². The topological polar surface area (TPSA) is 70.2 Å². The predicted molar refractivity (Wildman–Crippen MR) is 75.5 cm³/mol. The van der Waals surface area contributed by atoms with Crippen LogP contribution in [-0.2, 0) is 4.79 Å². The molecule has 1 aliphatic carbocycles. The maximum atomic E-state index is 11.7. The number of hydrogen-bond donors (Lipinski definition) is 3. The van der Waals surface area contributed by atoms with Crippen molar-refractivity contribution >= 4 is 40.7 Å². The number of carbonyl (C=O) groups excluding carboxylic acids is 2. The second-order valence-corrected chi connectivity index (χ2v) is 5.02. The summed E-state index contributed by atoms with van der Waals surface area (Å²) < 4.78 is 0. The molecule has 0 atom stereocenters. The minimum absolute atomic E-state index is 0.0618. The van der Waals surface area contributed by atoms with E-state index < -0.39 is 0 Å². The van der Waals surface area contributed by atoms with E-state index in [2.05, 4.69) is 16.2 Å². The lowest BCUT2D eigenvalue weighted by molar-refractivity contribution is -0.120. The average Bonchev–Trinajstić information content (AvgIpc) is 3.21. The SMILES string of the molecule is O=C(NNC(=S)NC(=O)C1CC1)c1ccc(Cl)cc1. The summed E-state index contributed by atoms with van der Waals surface area (Å²) in [5.41, 5.74) is 5.31. The van der Waals surface area contributed by atoms with Gasteiger partial charge in [-0.2, -0.15) is 0 Å². The van der Waals surface area contributed by atoms with Crippen molar-refractivity contribution in [2.24, 2.45) is 5.92 Å². The lowest BCUT2D eigenvalue weighted by Gasteiger charge is -2.10. The number of amides is 2. The third-order valence-corrected chi connectivity index (χ3v) is 3.04. The first-order valence-corrected chi connectivity index (χ1v) is 6.51. The summed E-state index contributed by atoms with van der Waals surface area (Å²) in [5, 5.41) is 3.14. The van der Waals surface area contributed by atoms with E-state index in [4.69, 9.17) is 23.8 Å². The Morgan fingerprint density at radius 1 is 1.16 bits per heavy atom. The number of benzene rings is 1. The molecule has 0 radical (unpaired) electrons. The Balaban J connectivity index is 1.77. The molecule has 19 heavy (non-hydrogen) atoms. The number of carbonyl (C=O) groups is 2. The van der Waals surface area contributed by atoms with Crippen molar-refractivity contribution in [3.63, 3.8) is 0 Å². The molecule has 1 aliphatic rings. The molecule has 1 fully saturated rings. The van der Waals surface area contributed by atoms with Gasteiger partial charge in [0.15, 0.2) is 5.11 Å². The van der Waals surface area contributed by atoms with Crippen LogP contribution in [0.15, 0.2) is 24.3 Å². The van der Waals surface area contributed by atoms with Crippen LogP contribution in [0.5, 0.6) is 0 Å².